The zero-order chi connectivity index (χ0) is 12.7. The van der Waals surface area contributed by atoms with E-state index >= 15 is 0 Å². The monoisotopic (exact) mass is 254 g/mol. The molecular formula is C14H21ClNO+. The highest BCUT2D eigenvalue weighted by Gasteiger charge is 2.15. The van der Waals surface area contributed by atoms with Gasteiger partial charge in [-0.15, -0.1) is 11.6 Å². The number of alkyl halides is 1. The summed E-state index contributed by atoms with van der Waals surface area (Å²) in [4.78, 5) is 0. The average Bonchev–Trinajstić information content (AvgIpc) is 2.38. The van der Waals surface area contributed by atoms with Crippen molar-refractivity contribution in [2.45, 2.75) is 32.1 Å². The molecule has 0 saturated carbocycles. The zero-order valence-electron chi connectivity index (χ0n) is 10.8. The van der Waals surface area contributed by atoms with E-state index in [9.17, 15) is 0 Å². The molecule has 94 valence electrons. The second kappa shape index (κ2) is 7.46. The molecule has 1 unspecified atom stereocenters. The van der Waals surface area contributed by atoms with E-state index in [1.54, 1.807) is 7.11 Å². The van der Waals surface area contributed by atoms with Crippen molar-refractivity contribution in [3.63, 3.8) is 0 Å². The van der Waals surface area contributed by atoms with E-state index in [1.165, 1.54) is 11.3 Å². The van der Waals surface area contributed by atoms with Crippen molar-refractivity contribution in [3.05, 3.63) is 29.8 Å². The molecule has 1 aromatic carbocycles. The number of rotatable bonds is 6. The molecule has 1 rings (SSSR count). The molecule has 0 saturated heterocycles. The fourth-order valence-electron chi connectivity index (χ4n) is 1.72. The number of halogens is 1. The summed E-state index contributed by atoms with van der Waals surface area (Å²) in [6.07, 6.45) is 3.94. The normalized spacial score (nSPS) is 13.8. The molecule has 0 spiro atoms. The molecule has 0 aliphatic rings. The van der Waals surface area contributed by atoms with E-state index in [1.807, 2.05) is 12.3 Å². The van der Waals surface area contributed by atoms with Crippen LogP contribution in [0.3, 0.4) is 0 Å². The number of benzene rings is 1. The molecule has 17 heavy (non-hydrogen) atoms. The molecule has 0 aromatic heterocycles. The lowest BCUT2D eigenvalue weighted by atomic mass is 10.1. The molecule has 0 heterocycles. The van der Waals surface area contributed by atoms with Gasteiger partial charge in [-0.3, -0.25) is 0 Å². The van der Waals surface area contributed by atoms with Crippen LogP contribution in [0.2, 0.25) is 0 Å². The van der Waals surface area contributed by atoms with Crippen LogP contribution < -0.4 is 0 Å². The predicted octanol–water partition coefficient (Wildman–Crippen LogP) is 3.59. The summed E-state index contributed by atoms with van der Waals surface area (Å²) >= 11 is 6.19. The Kier molecular flexibility index (Phi) is 6.23. The maximum absolute atomic E-state index is 6.19. The standard InChI is InChI=1S/C14H21ClNO/c1-4-12-8-6-7-9-14(12)16(11-17-3)10-13(15)5-2/h6-10,13H,4-5,11H2,1-3H3/q+1. The number of aryl methyl sites for hydroxylation is 1. The van der Waals surface area contributed by atoms with Crippen molar-refractivity contribution in [3.8, 4) is 0 Å². The number of nitrogens with zero attached hydrogens (tertiary/aromatic N) is 1. The fourth-order valence-corrected chi connectivity index (χ4v) is 1.86. The van der Waals surface area contributed by atoms with Gasteiger partial charge in [-0.25, -0.2) is 0 Å². The highest BCUT2D eigenvalue weighted by Crippen LogP contribution is 2.19. The number of hydrogen-bond acceptors (Lipinski definition) is 1. The van der Waals surface area contributed by atoms with Crippen LogP contribution in [-0.4, -0.2) is 30.0 Å². The van der Waals surface area contributed by atoms with Crippen LogP contribution in [0.5, 0.6) is 0 Å². The van der Waals surface area contributed by atoms with Gasteiger partial charge < -0.3 is 4.74 Å². The minimum Gasteiger partial charge on any atom is -0.327 e. The van der Waals surface area contributed by atoms with E-state index in [0.29, 0.717) is 6.73 Å². The van der Waals surface area contributed by atoms with Crippen LogP contribution in [0.25, 0.3) is 0 Å². The van der Waals surface area contributed by atoms with Crippen LogP contribution in [-0.2, 0) is 11.2 Å². The summed E-state index contributed by atoms with van der Waals surface area (Å²) in [5.41, 5.74) is 2.48. The van der Waals surface area contributed by atoms with Crippen LogP contribution in [0.15, 0.2) is 24.3 Å². The van der Waals surface area contributed by atoms with E-state index in [2.05, 4.69) is 36.6 Å². The van der Waals surface area contributed by atoms with Gasteiger partial charge >= 0.3 is 0 Å². The van der Waals surface area contributed by atoms with Crippen molar-refractivity contribution in [1.29, 1.82) is 0 Å². The Hall–Kier alpha value is -0.860. The third-order valence-electron chi connectivity index (χ3n) is 2.68. The van der Waals surface area contributed by atoms with Crippen molar-refractivity contribution in [2.24, 2.45) is 0 Å². The van der Waals surface area contributed by atoms with Crippen molar-refractivity contribution in [1.82, 2.24) is 0 Å². The molecule has 1 atom stereocenters. The largest absolute Gasteiger partial charge is 0.327 e. The van der Waals surface area contributed by atoms with Crippen molar-refractivity contribution >= 4 is 23.5 Å². The SMILES string of the molecule is CCc1ccccc1[N+](=CC(Cl)CC)COC. The van der Waals surface area contributed by atoms with Crippen molar-refractivity contribution in [2.75, 3.05) is 13.8 Å². The third-order valence-corrected chi connectivity index (χ3v) is 3.10. The molecule has 1 aromatic rings. The van der Waals surface area contributed by atoms with Gasteiger partial charge in [0.15, 0.2) is 6.21 Å². The van der Waals surface area contributed by atoms with Gasteiger partial charge in [0.1, 0.15) is 5.38 Å². The predicted molar refractivity (Wildman–Crippen MR) is 73.6 cm³/mol. The molecule has 2 nitrogen and oxygen atoms in total. The second-order valence-electron chi connectivity index (χ2n) is 3.94. The van der Waals surface area contributed by atoms with E-state index in [4.69, 9.17) is 16.3 Å². The second-order valence-corrected chi connectivity index (χ2v) is 4.50. The minimum absolute atomic E-state index is 0.0371. The Balaban J connectivity index is 3.08. The summed E-state index contributed by atoms with van der Waals surface area (Å²) < 4.78 is 7.32. The maximum atomic E-state index is 6.19. The van der Waals surface area contributed by atoms with Gasteiger partial charge in [0, 0.05) is 18.7 Å². The van der Waals surface area contributed by atoms with Crippen molar-refractivity contribution < 1.29 is 9.31 Å². The summed E-state index contributed by atoms with van der Waals surface area (Å²) in [7, 11) is 1.70. The Morgan fingerprint density at radius 3 is 2.65 bits per heavy atom. The first-order valence-corrected chi connectivity index (χ1v) is 6.49. The summed E-state index contributed by atoms with van der Waals surface area (Å²) in [6.45, 7) is 4.76. The first-order chi connectivity index (χ1) is 8.22. The topological polar surface area (TPSA) is 12.2 Å². The van der Waals surface area contributed by atoms with Crippen LogP contribution >= 0.6 is 11.6 Å². The minimum atomic E-state index is 0.0371. The van der Waals surface area contributed by atoms with Crippen LogP contribution in [0.1, 0.15) is 25.8 Å². The molecule has 0 bridgehead atoms. The molecule has 0 fully saturated rings. The summed E-state index contributed by atoms with van der Waals surface area (Å²) in [6, 6.07) is 8.35. The van der Waals surface area contributed by atoms with Crippen LogP contribution in [0.4, 0.5) is 5.69 Å². The Morgan fingerprint density at radius 1 is 1.35 bits per heavy atom. The van der Waals surface area contributed by atoms with Gasteiger partial charge in [-0.2, -0.15) is 4.58 Å². The van der Waals surface area contributed by atoms with E-state index in [-0.39, 0.29) is 5.38 Å². The van der Waals surface area contributed by atoms with Gasteiger partial charge in [-0.1, -0.05) is 32.0 Å². The van der Waals surface area contributed by atoms with Gasteiger partial charge in [-0.05, 0) is 12.8 Å². The highest BCUT2D eigenvalue weighted by atomic mass is 35.5. The first-order valence-electron chi connectivity index (χ1n) is 6.05. The molecule has 3 heteroatoms. The van der Waals surface area contributed by atoms with Gasteiger partial charge in [0.25, 0.3) is 6.73 Å². The Labute approximate surface area is 109 Å². The molecule has 0 amide bonds. The zero-order valence-corrected chi connectivity index (χ0v) is 11.6. The lowest BCUT2D eigenvalue weighted by Gasteiger charge is -2.07. The molecule has 0 radical (unpaired) electrons. The number of para-hydroxylation sites is 1. The van der Waals surface area contributed by atoms with Crippen LogP contribution in [0, 0.1) is 0 Å². The van der Waals surface area contributed by atoms with E-state index in [0.717, 1.165) is 12.8 Å². The van der Waals surface area contributed by atoms with Gasteiger partial charge in [0.05, 0.1) is 0 Å². The smallest absolute Gasteiger partial charge is 0.252 e. The summed E-state index contributed by atoms with van der Waals surface area (Å²) in [5.74, 6) is 0. The number of hydrogen-bond donors (Lipinski definition) is 0. The quantitative estimate of drug-likeness (QED) is 0.327. The fraction of sp³-hybridized carbons (Fsp3) is 0.500. The molecule has 0 aliphatic carbocycles. The Morgan fingerprint density at radius 2 is 2.06 bits per heavy atom. The Bertz CT molecular complexity index is 376. The third kappa shape index (κ3) is 4.14. The lowest BCUT2D eigenvalue weighted by Crippen LogP contribution is -2.17. The first kappa shape index (κ1) is 14.2. The maximum Gasteiger partial charge on any atom is 0.252 e. The van der Waals surface area contributed by atoms with E-state index < -0.39 is 0 Å². The highest BCUT2D eigenvalue weighted by molar-refractivity contribution is 6.27. The molecule has 0 N–H and O–H groups in total. The average molecular weight is 255 g/mol. The number of ether oxygens (including phenoxy) is 1. The molecule has 0 aliphatic heterocycles. The lowest BCUT2D eigenvalue weighted by molar-refractivity contribution is -0.485. The molecular weight excluding hydrogens is 234 g/mol. The number of methoxy groups -OCH3 is 1. The summed E-state index contributed by atoms with van der Waals surface area (Å²) in [5, 5.41) is 0.0371. The van der Waals surface area contributed by atoms with Gasteiger partial charge in [0.2, 0.25) is 5.69 Å².